The van der Waals surface area contributed by atoms with Crippen molar-refractivity contribution in [1.82, 2.24) is 0 Å². The maximum Gasteiger partial charge on any atom is 0.309 e. The monoisotopic (exact) mass is 272 g/mol. The molecule has 5 heteroatoms. The van der Waals surface area contributed by atoms with Crippen molar-refractivity contribution >= 4 is 17.6 Å². The first kappa shape index (κ1) is 14.6. The minimum atomic E-state index is -0.927. The molecule has 0 radical (unpaired) electrons. The molecular weight excluding hydrogens is 256 g/mol. The summed E-state index contributed by atoms with van der Waals surface area (Å²) in [6.45, 7) is 3.29. The number of carboxylic acids is 1. The van der Waals surface area contributed by atoms with Crippen LogP contribution in [0.3, 0.4) is 0 Å². The third kappa shape index (κ3) is 2.88. The molecule has 0 aliphatic carbocycles. The van der Waals surface area contributed by atoms with E-state index < -0.39 is 11.4 Å². The van der Waals surface area contributed by atoms with Crippen LogP contribution in [0.25, 0.3) is 0 Å². The minimum Gasteiger partial charge on any atom is -0.493 e. The molecule has 4 nitrogen and oxygen atoms in total. The van der Waals surface area contributed by atoms with E-state index >= 15 is 0 Å². The lowest BCUT2D eigenvalue weighted by molar-refractivity contribution is -0.146. The van der Waals surface area contributed by atoms with Gasteiger partial charge in [-0.3, -0.25) is 4.79 Å². The molecule has 0 aromatic heterocycles. The van der Waals surface area contributed by atoms with Crippen LogP contribution in [0.5, 0.6) is 11.5 Å². The second-order valence-corrected chi connectivity index (χ2v) is 5.03. The summed E-state index contributed by atoms with van der Waals surface area (Å²) in [4.78, 5) is 11.2. The molecule has 0 amide bonds. The molecule has 0 bridgehead atoms. The molecule has 0 saturated carbocycles. The minimum absolute atomic E-state index is 0.265. The SMILES string of the molecule is COc1ccc(Cl)c(CC(C)(C)C(=O)O)c1OC. The fourth-order valence-corrected chi connectivity index (χ4v) is 1.86. The van der Waals surface area contributed by atoms with Crippen LogP contribution in [0.4, 0.5) is 0 Å². The van der Waals surface area contributed by atoms with E-state index in [0.29, 0.717) is 22.1 Å². The summed E-state index contributed by atoms with van der Waals surface area (Å²) < 4.78 is 10.4. The van der Waals surface area contributed by atoms with Gasteiger partial charge in [0.1, 0.15) is 0 Å². The zero-order valence-electron chi connectivity index (χ0n) is 10.9. The molecule has 1 N–H and O–H groups in total. The zero-order valence-corrected chi connectivity index (χ0v) is 11.7. The van der Waals surface area contributed by atoms with Crippen molar-refractivity contribution < 1.29 is 19.4 Å². The highest BCUT2D eigenvalue weighted by Crippen LogP contribution is 2.39. The fourth-order valence-electron chi connectivity index (χ4n) is 1.65. The summed E-state index contributed by atoms with van der Waals surface area (Å²) in [5, 5.41) is 9.64. The van der Waals surface area contributed by atoms with Crippen molar-refractivity contribution in [2.45, 2.75) is 20.3 Å². The van der Waals surface area contributed by atoms with Crippen LogP contribution >= 0.6 is 11.6 Å². The predicted octanol–water partition coefficient (Wildman–Crippen LogP) is 3.01. The van der Waals surface area contributed by atoms with Crippen molar-refractivity contribution in [3.05, 3.63) is 22.7 Å². The molecule has 1 aromatic rings. The maximum absolute atomic E-state index is 11.2. The zero-order chi connectivity index (χ0) is 13.9. The number of benzene rings is 1. The Morgan fingerprint density at radius 1 is 1.33 bits per heavy atom. The van der Waals surface area contributed by atoms with Crippen LogP contribution in [-0.2, 0) is 11.2 Å². The van der Waals surface area contributed by atoms with Gasteiger partial charge in [-0.15, -0.1) is 0 Å². The number of carbonyl (C=O) groups is 1. The third-order valence-electron chi connectivity index (χ3n) is 2.79. The summed E-state index contributed by atoms with van der Waals surface area (Å²) in [6, 6.07) is 3.37. The van der Waals surface area contributed by atoms with E-state index in [0.717, 1.165) is 0 Å². The van der Waals surface area contributed by atoms with Crippen molar-refractivity contribution in [3.8, 4) is 11.5 Å². The Morgan fingerprint density at radius 2 is 1.94 bits per heavy atom. The summed E-state index contributed by atoms with van der Waals surface area (Å²) in [5.74, 6) is 0.140. The van der Waals surface area contributed by atoms with Gasteiger partial charge >= 0.3 is 5.97 Å². The Hall–Kier alpha value is -1.42. The van der Waals surface area contributed by atoms with Gasteiger partial charge in [0.25, 0.3) is 0 Å². The van der Waals surface area contributed by atoms with E-state index in [1.807, 2.05) is 0 Å². The normalized spacial score (nSPS) is 11.2. The third-order valence-corrected chi connectivity index (χ3v) is 3.14. The Bertz CT molecular complexity index is 455. The smallest absolute Gasteiger partial charge is 0.309 e. The van der Waals surface area contributed by atoms with Crippen LogP contribution in [-0.4, -0.2) is 25.3 Å². The summed E-state index contributed by atoms with van der Waals surface area (Å²) in [5.41, 5.74) is -0.283. The molecule has 18 heavy (non-hydrogen) atoms. The quantitative estimate of drug-likeness (QED) is 0.895. The van der Waals surface area contributed by atoms with Crippen LogP contribution < -0.4 is 9.47 Å². The van der Waals surface area contributed by atoms with Crippen molar-refractivity contribution in [2.24, 2.45) is 5.41 Å². The number of carboxylic acid groups (broad SMARTS) is 1. The molecule has 0 aliphatic heterocycles. The van der Waals surface area contributed by atoms with E-state index in [-0.39, 0.29) is 6.42 Å². The molecule has 0 aliphatic rings. The van der Waals surface area contributed by atoms with Crippen LogP contribution in [0.15, 0.2) is 12.1 Å². The fraction of sp³-hybridized carbons (Fsp3) is 0.462. The molecule has 0 spiro atoms. The van der Waals surface area contributed by atoms with Crippen LogP contribution in [0, 0.1) is 5.41 Å². The molecule has 100 valence electrons. The standard InChI is InChI=1S/C13H17ClO4/c1-13(2,12(15)16)7-8-9(14)5-6-10(17-3)11(8)18-4/h5-6H,7H2,1-4H3,(H,15,16). The average molecular weight is 273 g/mol. The largest absolute Gasteiger partial charge is 0.493 e. The van der Waals surface area contributed by atoms with E-state index in [4.69, 9.17) is 26.2 Å². The molecule has 0 unspecified atom stereocenters. The van der Waals surface area contributed by atoms with Gasteiger partial charge in [0.05, 0.1) is 19.6 Å². The molecule has 0 heterocycles. The van der Waals surface area contributed by atoms with Crippen LogP contribution in [0.2, 0.25) is 5.02 Å². The Morgan fingerprint density at radius 3 is 2.39 bits per heavy atom. The topological polar surface area (TPSA) is 55.8 Å². The Balaban J connectivity index is 3.27. The first-order chi connectivity index (χ1) is 8.33. The number of ether oxygens (including phenoxy) is 2. The van der Waals surface area contributed by atoms with Gasteiger partial charge in [-0.1, -0.05) is 11.6 Å². The van der Waals surface area contributed by atoms with Crippen molar-refractivity contribution in [3.63, 3.8) is 0 Å². The van der Waals surface area contributed by atoms with E-state index in [2.05, 4.69) is 0 Å². The Kier molecular flexibility index (Phi) is 4.46. The molecule has 0 atom stereocenters. The first-order valence-electron chi connectivity index (χ1n) is 5.46. The number of hydrogen-bond donors (Lipinski definition) is 1. The predicted molar refractivity (Wildman–Crippen MR) is 69.7 cm³/mol. The lowest BCUT2D eigenvalue weighted by atomic mass is 9.85. The number of rotatable bonds is 5. The maximum atomic E-state index is 11.2. The van der Waals surface area contributed by atoms with Crippen LogP contribution in [0.1, 0.15) is 19.4 Å². The number of hydrogen-bond acceptors (Lipinski definition) is 3. The lowest BCUT2D eigenvalue weighted by Crippen LogP contribution is -2.26. The summed E-state index contributed by atoms with van der Waals surface area (Å²) in [7, 11) is 3.03. The van der Waals surface area contributed by atoms with Gasteiger partial charge in [-0.2, -0.15) is 0 Å². The number of methoxy groups -OCH3 is 2. The van der Waals surface area contributed by atoms with Gasteiger partial charge in [-0.25, -0.2) is 0 Å². The van der Waals surface area contributed by atoms with Gasteiger partial charge in [0.2, 0.25) is 0 Å². The van der Waals surface area contributed by atoms with Crippen molar-refractivity contribution in [1.29, 1.82) is 0 Å². The van der Waals surface area contributed by atoms with Gasteiger partial charge in [0.15, 0.2) is 11.5 Å². The summed E-state index contributed by atoms with van der Waals surface area (Å²) >= 11 is 6.12. The highest BCUT2D eigenvalue weighted by molar-refractivity contribution is 6.31. The Labute approximate surface area is 111 Å². The van der Waals surface area contributed by atoms with E-state index in [1.54, 1.807) is 26.0 Å². The van der Waals surface area contributed by atoms with Gasteiger partial charge < -0.3 is 14.6 Å². The molecule has 0 fully saturated rings. The van der Waals surface area contributed by atoms with Gasteiger partial charge in [0, 0.05) is 10.6 Å². The first-order valence-corrected chi connectivity index (χ1v) is 5.84. The number of aliphatic carboxylic acids is 1. The second-order valence-electron chi connectivity index (χ2n) is 4.63. The highest BCUT2D eigenvalue weighted by atomic mass is 35.5. The van der Waals surface area contributed by atoms with E-state index in [1.165, 1.54) is 14.2 Å². The lowest BCUT2D eigenvalue weighted by Gasteiger charge is -2.22. The molecule has 1 rings (SSSR count). The second kappa shape index (κ2) is 5.48. The average Bonchev–Trinajstić information content (AvgIpc) is 2.31. The molecular formula is C13H17ClO4. The summed E-state index contributed by atoms with van der Waals surface area (Å²) in [6.07, 6.45) is 0.265. The molecule has 1 aromatic carbocycles. The van der Waals surface area contributed by atoms with Gasteiger partial charge in [-0.05, 0) is 32.4 Å². The number of halogens is 1. The highest BCUT2D eigenvalue weighted by Gasteiger charge is 2.30. The van der Waals surface area contributed by atoms with E-state index in [9.17, 15) is 4.79 Å². The van der Waals surface area contributed by atoms with Crippen molar-refractivity contribution in [2.75, 3.05) is 14.2 Å². The molecule has 0 saturated heterocycles.